The highest BCUT2D eigenvalue weighted by molar-refractivity contribution is 7.12. The zero-order valence-electron chi connectivity index (χ0n) is 25.1. The lowest BCUT2D eigenvalue weighted by molar-refractivity contribution is -0.117. The van der Waals surface area contributed by atoms with Gasteiger partial charge >= 0.3 is 5.97 Å². The standard InChI is InChI=1S/C34H33ClN4O5S/c1-4-39(5-2)25-16-13-23(14-17-25)20-28(37-32(40)26-10-7-8-11-27(26)35)33(41)38-36-22-24-15-18-29(30(21-24)43-6-3)44-34(42)31-12-9-19-45-31/h7-22H,4-6H2,1-3H3,(H,37,40)(H,38,41). The number of ether oxygens (including phenoxy) is 2. The van der Waals surface area contributed by atoms with E-state index in [1.165, 1.54) is 17.6 Å². The lowest BCUT2D eigenvalue weighted by atomic mass is 10.1. The minimum atomic E-state index is -0.647. The van der Waals surface area contributed by atoms with E-state index in [0.29, 0.717) is 28.4 Å². The van der Waals surface area contributed by atoms with E-state index in [4.69, 9.17) is 21.1 Å². The van der Waals surface area contributed by atoms with Crippen molar-refractivity contribution in [3.8, 4) is 11.5 Å². The van der Waals surface area contributed by atoms with Crippen LogP contribution in [0.3, 0.4) is 0 Å². The van der Waals surface area contributed by atoms with Crippen LogP contribution in [0.2, 0.25) is 5.02 Å². The van der Waals surface area contributed by atoms with Gasteiger partial charge in [0, 0.05) is 18.8 Å². The van der Waals surface area contributed by atoms with E-state index < -0.39 is 17.8 Å². The second kappa shape index (κ2) is 16.2. The molecule has 0 fully saturated rings. The van der Waals surface area contributed by atoms with Crippen LogP contribution in [0, 0.1) is 0 Å². The van der Waals surface area contributed by atoms with Crippen molar-refractivity contribution in [1.29, 1.82) is 0 Å². The maximum atomic E-state index is 13.3. The Morgan fingerprint density at radius 1 is 0.911 bits per heavy atom. The summed E-state index contributed by atoms with van der Waals surface area (Å²) < 4.78 is 11.2. The molecule has 0 unspecified atom stereocenters. The third kappa shape index (κ3) is 9.04. The molecule has 0 aliphatic heterocycles. The minimum Gasteiger partial charge on any atom is -0.490 e. The Morgan fingerprint density at radius 3 is 2.31 bits per heavy atom. The highest BCUT2D eigenvalue weighted by atomic mass is 35.5. The van der Waals surface area contributed by atoms with Gasteiger partial charge in [0.15, 0.2) is 11.5 Å². The summed E-state index contributed by atoms with van der Waals surface area (Å²) in [4.78, 5) is 41.4. The smallest absolute Gasteiger partial charge is 0.353 e. The highest BCUT2D eigenvalue weighted by Gasteiger charge is 2.17. The summed E-state index contributed by atoms with van der Waals surface area (Å²) in [6.45, 7) is 8.04. The molecule has 2 amide bonds. The van der Waals surface area contributed by atoms with Gasteiger partial charge in [0.2, 0.25) is 0 Å². The number of carbonyl (C=O) groups is 3. The molecule has 2 N–H and O–H groups in total. The first-order chi connectivity index (χ1) is 21.8. The summed E-state index contributed by atoms with van der Waals surface area (Å²) in [6, 6.07) is 22.6. The van der Waals surface area contributed by atoms with E-state index in [1.54, 1.807) is 66.1 Å². The molecule has 9 nitrogen and oxygen atoms in total. The van der Waals surface area contributed by atoms with Crippen LogP contribution in [0.4, 0.5) is 5.69 Å². The quantitative estimate of drug-likeness (QED) is 0.0546. The van der Waals surface area contributed by atoms with Crippen LogP contribution < -0.4 is 25.1 Å². The van der Waals surface area contributed by atoms with Gasteiger partial charge in [-0.05, 0) is 91.9 Å². The number of carbonyl (C=O) groups excluding carboxylic acids is 3. The molecule has 4 rings (SSSR count). The summed E-state index contributed by atoms with van der Waals surface area (Å²) >= 11 is 7.50. The number of hydrogen-bond acceptors (Lipinski definition) is 8. The topological polar surface area (TPSA) is 109 Å². The molecule has 0 radical (unpaired) electrons. The van der Waals surface area contributed by atoms with Crippen molar-refractivity contribution >= 4 is 58.7 Å². The van der Waals surface area contributed by atoms with E-state index >= 15 is 0 Å². The fraction of sp³-hybridized carbons (Fsp3) is 0.176. The van der Waals surface area contributed by atoms with E-state index in [0.717, 1.165) is 18.8 Å². The number of nitrogens with one attached hydrogen (secondary N) is 2. The third-order valence-corrected chi connectivity index (χ3v) is 7.70. The second-order valence-corrected chi connectivity index (χ2v) is 10.8. The monoisotopic (exact) mass is 644 g/mol. The molecule has 0 saturated carbocycles. The maximum Gasteiger partial charge on any atom is 0.353 e. The van der Waals surface area contributed by atoms with Crippen LogP contribution in [-0.4, -0.2) is 43.7 Å². The number of hydrogen-bond donors (Lipinski definition) is 2. The number of esters is 1. The Balaban J connectivity index is 1.53. The van der Waals surface area contributed by atoms with Gasteiger partial charge in [-0.3, -0.25) is 9.59 Å². The molecule has 0 atom stereocenters. The number of benzene rings is 3. The van der Waals surface area contributed by atoms with Gasteiger partial charge in [0.25, 0.3) is 11.8 Å². The number of amides is 2. The summed E-state index contributed by atoms with van der Waals surface area (Å²) in [7, 11) is 0. The number of hydrazone groups is 1. The zero-order chi connectivity index (χ0) is 32.2. The van der Waals surface area contributed by atoms with Crippen molar-refractivity contribution in [3.63, 3.8) is 0 Å². The minimum absolute atomic E-state index is 0.0292. The Morgan fingerprint density at radius 2 is 1.64 bits per heavy atom. The van der Waals surface area contributed by atoms with Crippen molar-refractivity contribution in [2.24, 2.45) is 5.10 Å². The molecule has 232 valence electrons. The Hall–Kier alpha value is -4.93. The van der Waals surface area contributed by atoms with Gasteiger partial charge in [0.05, 0.1) is 23.4 Å². The van der Waals surface area contributed by atoms with Crippen molar-refractivity contribution in [2.45, 2.75) is 20.8 Å². The molecule has 4 aromatic rings. The number of thiophene rings is 1. The van der Waals surface area contributed by atoms with Gasteiger partial charge in [-0.2, -0.15) is 5.10 Å². The summed E-state index contributed by atoms with van der Waals surface area (Å²) in [6.07, 6.45) is 2.98. The molecule has 1 aromatic heterocycles. The van der Waals surface area contributed by atoms with Crippen LogP contribution in [0.5, 0.6) is 11.5 Å². The largest absolute Gasteiger partial charge is 0.490 e. The van der Waals surface area contributed by atoms with E-state index in [1.807, 2.05) is 31.2 Å². The van der Waals surface area contributed by atoms with E-state index in [2.05, 4.69) is 34.6 Å². The zero-order valence-corrected chi connectivity index (χ0v) is 26.7. The third-order valence-electron chi connectivity index (χ3n) is 6.52. The van der Waals surface area contributed by atoms with Gasteiger partial charge in [-0.15, -0.1) is 11.3 Å². The van der Waals surface area contributed by atoms with Gasteiger partial charge < -0.3 is 19.7 Å². The lowest BCUT2D eigenvalue weighted by Gasteiger charge is -2.21. The number of rotatable bonds is 13. The molecule has 0 bridgehead atoms. The fourth-order valence-electron chi connectivity index (χ4n) is 4.26. The van der Waals surface area contributed by atoms with Crippen LogP contribution in [0.25, 0.3) is 6.08 Å². The molecular formula is C34H33ClN4O5S. The second-order valence-electron chi connectivity index (χ2n) is 9.46. The van der Waals surface area contributed by atoms with Gasteiger partial charge in [-0.25, -0.2) is 10.2 Å². The SMILES string of the molecule is CCOc1cc(C=NNC(=O)C(=Cc2ccc(N(CC)CC)cc2)NC(=O)c2ccccc2Cl)ccc1OC(=O)c1cccs1. The first-order valence-corrected chi connectivity index (χ1v) is 15.6. The molecule has 0 spiro atoms. The molecule has 0 saturated heterocycles. The number of halogens is 1. The summed E-state index contributed by atoms with van der Waals surface area (Å²) in [5, 5.41) is 8.80. The first kappa shape index (κ1) is 33.0. The molecule has 11 heteroatoms. The molecule has 0 aliphatic rings. The van der Waals surface area contributed by atoms with Crippen molar-refractivity contribution < 1.29 is 23.9 Å². The average molecular weight is 645 g/mol. The summed E-state index contributed by atoms with van der Waals surface area (Å²) in [5.74, 6) is -1.07. The van der Waals surface area contributed by atoms with Gasteiger partial charge in [0.1, 0.15) is 10.6 Å². The molecule has 1 heterocycles. The predicted molar refractivity (Wildman–Crippen MR) is 180 cm³/mol. The normalized spacial score (nSPS) is 11.2. The van der Waals surface area contributed by atoms with Crippen LogP contribution in [0.15, 0.2) is 95.0 Å². The van der Waals surface area contributed by atoms with Crippen molar-refractivity contribution in [1.82, 2.24) is 10.7 Å². The van der Waals surface area contributed by atoms with Crippen molar-refractivity contribution in [2.75, 3.05) is 24.6 Å². The number of nitrogens with zero attached hydrogens (tertiary/aromatic N) is 2. The van der Waals surface area contributed by atoms with Crippen LogP contribution in [-0.2, 0) is 4.79 Å². The van der Waals surface area contributed by atoms with E-state index in [9.17, 15) is 14.4 Å². The first-order valence-electron chi connectivity index (χ1n) is 14.3. The highest BCUT2D eigenvalue weighted by Crippen LogP contribution is 2.29. The molecule has 0 aliphatic carbocycles. The predicted octanol–water partition coefficient (Wildman–Crippen LogP) is 6.79. The molecule has 3 aromatic carbocycles. The number of anilines is 1. The maximum absolute atomic E-state index is 13.3. The van der Waals surface area contributed by atoms with Gasteiger partial charge in [-0.1, -0.05) is 41.9 Å². The average Bonchev–Trinajstić information content (AvgIpc) is 3.59. The van der Waals surface area contributed by atoms with Crippen molar-refractivity contribution in [3.05, 3.63) is 117 Å². The van der Waals surface area contributed by atoms with Crippen LogP contribution in [0.1, 0.15) is 51.9 Å². The molecule has 45 heavy (non-hydrogen) atoms. The fourth-order valence-corrected chi connectivity index (χ4v) is 5.08. The molecular weight excluding hydrogens is 612 g/mol. The van der Waals surface area contributed by atoms with E-state index in [-0.39, 0.29) is 22.0 Å². The Labute approximate surface area is 271 Å². The Kier molecular flexibility index (Phi) is 11.9. The Bertz CT molecular complexity index is 1680. The summed E-state index contributed by atoms with van der Waals surface area (Å²) in [5.41, 5.74) is 4.99. The lowest BCUT2D eigenvalue weighted by Crippen LogP contribution is -2.33. The van der Waals surface area contributed by atoms with Crippen LogP contribution >= 0.6 is 22.9 Å².